The minimum Gasteiger partial charge on any atom is -0.357 e. The fraction of sp³-hybridized carbons (Fsp3) is 0.464. The average molecular weight is 491 g/mol. The number of benzene rings is 2. The summed E-state index contributed by atoms with van der Waals surface area (Å²) >= 11 is 3.58. The van der Waals surface area contributed by atoms with Crippen LogP contribution in [0.4, 0.5) is 0 Å². The highest BCUT2D eigenvalue weighted by Crippen LogP contribution is 2.46. The molecule has 32 heavy (non-hydrogen) atoms. The second-order valence-corrected chi connectivity index (χ2v) is 11.4. The number of carbonyl (C=O) groups is 1. The molecular formula is C28H31BrN2O. The molecule has 166 valence electrons. The zero-order valence-corrected chi connectivity index (χ0v) is 20.8. The predicted octanol–water partition coefficient (Wildman–Crippen LogP) is 6.70. The molecule has 0 spiro atoms. The summed E-state index contributed by atoms with van der Waals surface area (Å²) in [5.74, 6) is 0.781. The molecule has 3 aromatic rings. The Morgan fingerprint density at radius 2 is 1.84 bits per heavy atom. The number of aryl methyl sites for hydroxylation is 1. The number of rotatable bonds is 3. The van der Waals surface area contributed by atoms with Crippen LogP contribution in [0, 0.1) is 0 Å². The number of fused-ring (bicyclic) bond motifs is 4. The molecule has 2 aromatic carbocycles. The molecule has 3 aliphatic rings. The van der Waals surface area contributed by atoms with Crippen molar-refractivity contribution >= 4 is 32.6 Å². The second kappa shape index (κ2) is 7.30. The third kappa shape index (κ3) is 3.06. The standard InChI is InChI=1S/C28H31BrN2O/c1-4-16-13-22-23(15-21(16)17-9-11-31(12-10-17)19-6-7-19)28(2,3)27-25(26(22)32)20-8-5-18(29)14-24(20)30-27/h5,8,13-15,17,19,30H,4,6-7,9-12H2,1-3H3. The number of aromatic nitrogens is 1. The van der Waals surface area contributed by atoms with Crippen molar-refractivity contribution < 1.29 is 4.79 Å². The quantitative estimate of drug-likeness (QED) is 0.442. The van der Waals surface area contributed by atoms with Crippen LogP contribution in [0.5, 0.6) is 0 Å². The van der Waals surface area contributed by atoms with Gasteiger partial charge in [0.05, 0.1) is 5.56 Å². The van der Waals surface area contributed by atoms with Gasteiger partial charge in [-0.15, -0.1) is 0 Å². The van der Waals surface area contributed by atoms with Gasteiger partial charge < -0.3 is 9.88 Å². The van der Waals surface area contributed by atoms with Crippen LogP contribution in [0.1, 0.15) is 90.7 Å². The van der Waals surface area contributed by atoms with Crippen molar-refractivity contribution in [1.82, 2.24) is 9.88 Å². The molecule has 1 saturated carbocycles. The second-order valence-electron chi connectivity index (χ2n) is 10.5. The van der Waals surface area contributed by atoms with E-state index in [0.29, 0.717) is 5.92 Å². The molecule has 0 bridgehead atoms. The Morgan fingerprint density at radius 3 is 2.53 bits per heavy atom. The molecule has 2 heterocycles. The third-order valence-corrected chi connectivity index (χ3v) is 8.72. The molecule has 2 fully saturated rings. The first kappa shape index (κ1) is 20.7. The lowest BCUT2D eigenvalue weighted by molar-refractivity contribution is 0.103. The number of ketones is 1. The van der Waals surface area contributed by atoms with Crippen LogP contribution in [0.2, 0.25) is 0 Å². The molecule has 4 heteroatoms. The van der Waals surface area contributed by atoms with Gasteiger partial charge in [-0.25, -0.2) is 0 Å². The van der Waals surface area contributed by atoms with E-state index in [-0.39, 0.29) is 11.2 Å². The van der Waals surface area contributed by atoms with Gasteiger partial charge in [-0.3, -0.25) is 4.79 Å². The first-order valence-corrected chi connectivity index (χ1v) is 13.0. The van der Waals surface area contributed by atoms with Crippen molar-refractivity contribution in [1.29, 1.82) is 0 Å². The molecule has 1 aromatic heterocycles. The fourth-order valence-electron chi connectivity index (χ4n) is 6.21. The summed E-state index contributed by atoms with van der Waals surface area (Å²) in [6.45, 7) is 9.22. The summed E-state index contributed by atoms with van der Waals surface area (Å²) in [7, 11) is 0. The van der Waals surface area contributed by atoms with Crippen molar-refractivity contribution in [3.63, 3.8) is 0 Å². The Kier molecular flexibility index (Phi) is 4.71. The lowest BCUT2D eigenvalue weighted by Gasteiger charge is -2.36. The highest BCUT2D eigenvalue weighted by molar-refractivity contribution is 9.10. The first-order chi connectivity index (χ1) is 15.4. The summed E-state index contributed by atoms with van der Waals surface area (Å²) < 4.78 is 1.03. The molecule has 1 aliphatic heterocycles. The molecule has 0 atom stereocenters. The average Bonchev–Trinajstić information content (AvgIpc) is 3.57. The maximum atomic E-state index is 13.8. The van der Waals surface area contributed by atoms with E-state index in [9.17, 15) is 4.79 Å². The van der Waals surface area contributed by atoms with E-state index >= 15 is 0 Å². The van der Waals surface area contributed by atoms with Crippen molar-refractivity contribution in [2.24, 2.45) is 0 Å². The molecular weight excluding hydrogens is 460 g/mol. The highest BCUT2D eigenvalue weighted by atomic mass is 79.9. The molecule has 0 radical (unpaired) electrons. The number of piperidine rings is 1. The van der Waals surface area contributed by atoms with Gasteiger partial charge in [0.15, 0.2) is 5.78 Å². The zero-order chi connectivity index (χ0) is 22.2. The summed E-state index contributed by atoms with van der Waals surface area (Å²) in [5.41, 5.74) is 7.66. The van der Waals surface area contributed by atoms with E-state index < -0.39 is 0 Å². The van der Waals surface area contributed by atoms with E-state index in [0.717, 1.165) is 44.7 Å². The molecule has 1 N–H and O–H groups in total. The lowest BCUT2D eigenvalue weighted by atomic mass is 9.69. The summed E-state index contributed by atoms with van der Waals surface area (Å²) in [6, 6.07) is 11.7. The van der Waals surface area contributed by atoms with Gasteiger partial charge in [0, 0.05) is 38.1 Å². The maximum Gasteiger partial charge on any atom is 0.195 e. The fourth-order valence-corrected chi connectivity index (χ4v) is 6.57. The Morgan fingerprint density at radius 1 is 1.09 bits per heavy atom. The Bertz CT molecular complexity index is 1240. The van der Waals surface area contributed by atoms with Gasteiger partial charge >= 0.3 is 0 Å². The van der Waals surface area contributed by atoms with Crippen molar-refractivity contribution in [3.8, 4) is 0 Å². The SMILES string of the molecule is CCc1cc2c(cc1C1CCN(C3CC3)CC1)C(C)(C)c1[nH]c3cc(Br)ccc3c1C2=O. The zero-order valence-electron chi connectivity index (χ0n) is 19.2. The summed E-state index contributed by atoms with van der Waals surface area (Å²) in [4.78, 5) is 20.1. The van der Waals surface area contributed by atoms with Gasteiger partial charge in [0.2, 0.25) is 0 Å². The predicted molar refractivity (Wildman–Crippen MR) is 134 cm³/mol. The molecule has 0 unspecified atom stereocenters. The maximum absolute atomic E-state index is 13.8. The van der Waals surface area contributed by atoms with Crippen LogP contribution in [-0.2, 0) is 11.8 Å². The minimum absolute atomic E-state index is 0.174. The van der Waals surface area contributed by atoms with Crippen LogP contribution in [0.15, 0.2) is 34.8 Å². The third-order valence-electron chi connectivity index (χ3n) is 8.22. The van der Waals surface area contributed by atoms with Gasteiger partial charge in [0.1, 0.15) is 0 Å². The Hall–Kier alpha value is -1.91. The minimum atomic E-state index is -0.236. The van der Waals surface area contributed by atoms with E-state index in [1.165, 1.54) is 55.5 Å². The number of H-pyrrole nitrogens is 1. The number of likely N-dealkylation sites (tertiary alicyclic amines) is 1. The topological polar surface area (TPSA) is 36.1 Å². The van der Waals surface area contributed by atoms with Gasteiger partial charge in [-0.2, -0.15) is 0 Å². The number of carbonyl (C=O) groups excluding carboxylic acids is 1. The van der Waals surface area contributed by atoms with E-state index in [1.807, 2.05) is 6.07 Å². The smallest absolute Gasteiger partial charge is 0.195 e. The van der Waals surface area contributed by atoms with E-state index in [4.69, 9.17) is 0 Å². The summed E-state index contributed by atoms with van der Waals surface area (Å²) in [5, 5.41) is 1.03. The number of aromatic amines is 1. The number of halogens is 1. The van der Waals surface area contributed by atoms with Crippen molar-refractivity contribution in [3.05, 3.63) is 68.3 Å². The summed E-state index contributed by atoms with van der Waals surface area (Å²) in [6.07, 6.45) is 6.24. The number of nitrogens with zero attached hydrogens (tertiary/aromatic N) is 1. The van der Waals surface area contributed by atoms with Gasteiger partial charge in [0.25, 0.3) is 0 Å². The van der Waals surface area contributed by atoms with Crippen LogP contribution < -0.4 is 0 Å². The molecule has 1 saturated heterocycles. The number of nitrogens with one attached hydrogen (secondary N) is 1. The van der Waals surface area contributed by atoms with Crippen molar-refractivity contribution in [2.75, 3.05) is 13.1 Å². The van der Waals surface area contributed by atoms with Crippen molar-refractivity contribution in [2.45, 2.75) is 70.3 Å². The number of hydrogen-bond donors (Lipinski definition) is 1. The largest absolute Gasteiger partial charge is 0.357 e. The molecule has 0 amide bonds. The van der Waals surface area contributed by atoms with Crippen LogP contribution in [-0.4, -0.2) is 34.8 Å². The normalized spacial score (nSPS) is 21.1. The van der Waals surface area contributed by atoms with E-state index in [2.05, 4.69) is 70.9 Å². The Balaban J connectivity index is 1.46. The van der Waals surface area contributed by atoms with E-state index in [1.54, 1.807) is 0 Å². The highest BCUT2D eigenvalue weighted by Gasteiger charge is 2.41. The van der Waals surface area contributed by atoms with Crippen LogP contribution in [0.3, 0.4) is 0 Å². The van der Waals surface area contributed by atoms with Gasteiger partial charge in [-0.05, 0) is 86.0 Å². The lowest BCUT2D eigenvalue weighted by Crippen LogP contribution is -2.35. The van der Waals surface area contributed by atoms with Gasteiger partial charge in [-0.1, -0.05) is 48.8 Å². The Labute approximate surface area is 198 Å². The van der Waals surface area contributed by atoms with Crippen LogP contribution in [0.25, 0.3) is 10.9 Å². The monoisotopic (exact) mass is 490 g/mol. The van der Waals surface area contributed by atoms with Crippen LogP contribution >= 0.6 is 15.9 Å². The molecule has 2 aliphatic carbocycles. The number of hydrogen-bond acceptors (Lipinski definition) is 2. The first-order valence-electron chi connectivity index (χ1n) is 12.2. The molecule has 3 nitrogen and oxygen atoms in total. The molecule has 6 rings (SSSR count).